The molecule has 1 aromatic rings. The van der Waals surface area contributed by atoms with Gasteiger partial charge in [0, 0.05) is 19.3 Å². The van der Waals surface area contributed by atoms with Crippen molar-refractivity contribution in [1.82, 2.24) is 10.3 Å². The van der Waals surface area contributed by atoms with Gasteiger partial charge >= 0.3 is 0 Å². The van der Waals surface area contributed by atoms with Gasteiger partial charge in [-0.15, -0.1) is 0 Å². The van der Waals surface area contributed by atoms with Crippen LogP contribution in [0.4, 0.5) is 5.69 Å². The van der Waals surface area contributed by atoms with Crippen molar-refractivity contribution < 1.29 is 9.53 Å². The van der Waals surface area contributed by atoms with Crippen molar-refractivity contribution in [2.75, 3.05) is 25.5 Å². The number of carbonyl (C=O) groups is 1. The molecule has 0 aliphatic carbocycles. The van der Waals surface area contributed by atoms with E-state index >= 15 is 0 Å². The molecular formula is C10H13N3O2. The molecule has 5 nitrogen and oxygen atoms in total. The molecule has 2 heterocycles. The third-order valence-corrected chi connectivity index (χ3v) is 2.37. The zero-order chi connectivity index (χ0) is 10.7. The highest BCUT2D eigenvalue weighted by Gasteiger charge is 2.25. The first-order valence-electron chi connectivity index (χ1n) is 4.82. The summed E-state index contributed by atoms with van der Waals surface area (Å²) in [4.78, 5) is 15.6. The van der Waals surface area contributed by atoms with Gasteiger partial charge in [0.2, 0.25) is 11.8 Å². The number of amides is 1. The van der Waals surface area contributed by atoms with Crippen LogP contribution >= 0.6 is 0 Å². The number of nitrogens with zero attached hydrogens (tertiary/aromatic N) is 1. The minimum Gasteiger partial charge on any atom is -0.480 e. The van der Waals surface area contributed by atoms with Gasteiger partial charge in [-0.1, -0.05) is 0 Å². The summed E-state index contributed by atoms with van der Waals surface area (Å²) in [5, 5.41) is 5.85. The summed E-state index contributed by atoms with van der Waals surface area (Å²) in [6, 6.07) is 3.53. The predicted octanol–water partition coefficient (Wildman–Crippen LogP) is 0.248. The SMILES string of the molecule is COc1ncccc1NC(=O)C1CNC1. The lowest BCUT2D eigenvalue weighted by Crippen LogP contribution is -2.48. The van der Waals surface area contributed by atoms with Crippen LogP contribution in [-0.2, 0) is 4.79 Å². The van der Waals surface area contributed by atoms with Crippen molar-refractivity contribution in [1.29, 1.82) is 0 Å². The molecule has 0 atom stereocenters. The number of ether oxygens (including phenoxy) is 1. The van der Waals surface area contributed by atoms with E-state index in [1.807, 2.05) is 0 Å². The molecule has 0 bridgehead atoms. The molecular weight excluding hydrogens is 194 g/mol. The van der Waals surface area contributed by atoms with Crippen molar-refractivity contribution in [3.63, 3.8) is 0 Å². The summed E-state index contributed by atoms with van der Waals surface area (Å²) in [6.07, 6.45) is 1.62. The van der Waals surface area contributed by atoms with E-state index in [9.17, 15) is 4.79 Å². The van der Waals surface area contributed by atoms with Gasteiger partial charge in [0.15, 0.2) is 0 Å². The van der Waals surface area contributed by atoms with Crippen molar-refractivity contribution in [2.45, 2.75) is 0 Å². The molecule has 0 unspecified atom stereocenters. The fourth-order valence-electron chi connectivity index (χ4n) is 1.36. The number of pyridine rings is 1. The summed E-state index contributed by atoms with van der Waals surface area (Å²) < 4.78 is 5.04. The van der Waals surface area contributed by atoms with Gasteiger partial charge in [-0.25, -0.2) is 4.98 Å². The highest BCUT2D eigenvalue weighted by atomic mass is 16.5. The molecule has 1 fully saturated rings. The number of anilines is 1. The Morgan fingerprint density at radius 3 is 3.07 bits per heavy atom. The molecule has 1 aliphatic heterocycles. The Balaban J connectivity index is 2.05. The summed E-state index contributed by atoms with van der Waals surface area (Å²) in [7, 11) is 1.53. The summed E-state index contributed by atoms with van der Waals surface area (Å²) in [5.74, 6) is 0.521. The standard InChI is InChI=1S/C10H13N3O2/c1-15-10-8(3-2-4-12-10)13-9(14)7-5-11-6-7/h2-4,7,11H,5-6H2,1H3,(H,13,14). The smallest absolute Gasteiger partial charge is 0.237 e. The first-order valence-corrected chi connectivity index (χ1v) is 4.82. The lowest BCUT2D eigenvalue weighted by molar-refractivity contribution is -0.121. The number of methoxy groups -OCH3 is 1. The molecule has 1 amide bonds. The first kappa shape index (κ1) is 9.92. The Labute approximate surface area is 87.8 Å². The molecule has 0 radical (unpaired) electrons. The quantitative estimate of drug-likeness (QED) is 0.745. The van der Waals surface area contributed by atoms with Crippen molar-refractivity contribution >= 4 is 11.6 Å². The molecule has 80 valence electrons. The lowest BCUT2D eigenvalue weighted by Gasteiger charge is -2.25. The molecule has 0 saturated carbocycles. The normalized spacial score (nSPS) is 15.5. The lowest BCUT2D eigenvalue weighted by atomic mass is 10.0. The summed E-state index contributed by atoms with van der Waals surface area (Å²) in [5.41, 5.74) is 0.622. The fraction of sp³-hybridized carbons (Fsp3) is 0.400. The second-order valence-electron chi connectivity index (χ2n) is 3.40. The molecule has 2 rings (SSSR count). The van der Waals surface area contributed by atoms with E-state index in [-0.39, 0.29) is 11.8 Å². The third-order valence-electron chi connectivity index (χ3n) is 2.37. The van der Waals surface area contributed by atoms with E-state index in [0.717, 1.165) is 13.1 Å². The fourth-order valence-corrected chi connectivity index (χ4v) is 1.36. The second-order valence-corrected chi connectivity index (χ2v) is 3.40. The number of hydrogen-bond donors (Lipinski definition) is 2. The van der Waals surface area contributed by atoms with Crippen molar-refractivity contribution in [2.24, 2.45) is 5.92 Å². The van der Waals surface area contributed by atoms with Crippen LogP contribution in [0.3, 0.4) is 0 Å². The minimum absolute atomic E-state index is 0.0139. The molecule has 1 aliphatic rings. The average Bonchev–Trinajstić information content (AvgIpc) is 2.15. The minimum atomic E-state index is 0.0139. The first-order chi connectivity index (χ1) is 7.31. The van der Waals surface area contributed by atoms with Crippen LogP contribution in [0.25, 0.3) is 0 Å². The predicted molar refractivity (Wildman–Crippen MR) is 55.8 cm³/mol. The van der Waals surface area contributed by atoms with Crippen LogP contribution in [0.2, 0.25) is 0 Å². The van der Waals surface area contributed by atoms with Crippen molar-refractivity contribution in [3.05, 3.63) is 18.3 Å². The van der Waals surface area contributed by atoms with Crippen LogP contribution in [0, 0.1) is 5.92 Å². The van der Waals surface area contributed by atoms with E-state index in [2.05, 4.69) is 15.6 Å². The molecule has 15 heavy (non-hydrogen) atoms. The highest BCUT2D eigenvalue weighted by Crippen LogP contribution is 2.20. The van der Waals surface area contributed by atoms with Crippen LogP contribution in [0.15, 0.2) is 18.3 Å². The Bertz CT molecular complexity index is 363. The zero-order valence-corrected chi connectivity index (χ0v) is 8.49. The highest BCUT2D eigenvalue weighted by molar-refractivity contribution is 5.94. The van der Waals surface area contributed by atoms with Gasteiger partial charge < -0.3 is 15.4 Å². The second kappa shape index (κ2) is 4.27. The Morgan fingerprint density at radius 2 is 2.47 bits per heavy atom. The van der Waals surface area contributed by atoms with Crippen LogP contribution in [-0.4, -0.2) is 31.1 Å². The number of hydrogen-bond acceptors (Lipinski definition) is 4. The van der Waals surface area contributed by atoms with Gasteiger partial charge in [-0.3, -0.25) is 4.79 Å². The van der Waals surface area contributed by atoms with E-state index in [4.69, 9.17) is 4.74 Å². The zero-order valence-electron chi connectivity index (χ0n) is 8.49. The third kappa shape index (κ3) is 2.07. The topological polar surface area (TPSA) is 63.2 Å². The van der Waals surface area contributed by atoms with Gasteiger partial charge in [-0.2, -0.15) is 0 Å². The van der Waals surface area contributed by atoms with Crippen LogP contribution in [0.5, 0.6) is 5.88 Å². The molecule has 0 aromatic carbocycles. The maximum atomic E-state index is 11.6. The van der Waals surface area contributed by atoms with Gasteiger partial charge in [0.05, 0.1) is 13.0 Å². The Kier molecular flexibility index (Phi) is 2.82. The number of aromatic nitrogens is 1. The van der Waals surface area contributed by atoms with Gasteiger partial charge in [0.1, 0.15) is 5.69 Å². The van der Waals surface area contributed by atoms with Crippen LogP contribution < -0.4 is 15.4 Å². The monoisotopic (exact) mass is 207 g/mol. The van der Waals surface area contributed by atoms with E-state index < -0.39 is 0 Å². The van der Waals surface area contributed by atoms with E-state index in [0.29, 0.717) is 11.6 Å². The molecule has 5 heteroatoms. The molecule has 1 saturated heterocycles. The van der Waals surface area contributed by atoms with Crippen LogP contribution in [0.1, 0.15) is 0 Å². The van der Waals surface area contributed by atoms with E-state index in [1.54, 1.807) is 18.3 Å². The van der Waals surface area contributed by atoms with Crippen molar-refractivity contribution in [3.8, 4) is 5.88 Å². The average molecular weight is 207 g/mol. The maximum absolute atomic E-state index is 11.6. The summed E-state index contributed by atoms with van der Waals surface area (Å²) in [6.45, 7) is 1.49. The maximum Gasteiger partial charge on any atom is 0.237 e. The molecule has 2 N–H and O–H groups in total. The largest absolute Gasteiger partial charge is 0.480 e. The number of carbonyl (C=O) groups excluding carboxylic acids is 1. The number of rotatable bonds is 3. The van der Waals surface area contributed by atoms with Gasteiger partial charge in [0.25, 0.3) is 0 Å². The summed E-state index contributed by atoms with van der Waals surface area (Å²) >= 11 is 0. The van der Waals surface area contributed by atoms with E-state index in [1.165, 1.54) is 7.11 Å². The Hall–Kier alpha value is -1.62. The molecule has 0 spiro atoms. The number of nitrogens with one attached hydrogen (secondary N) is 2. The van der Waals surface area contributed by atoms with Gasteiger partial charge in [-0.05, 0) is 12.1 Å². The molecule has 1 aromatic heterocycles. The Morgan fingerprint density at radius 1 is 1.67 bits per heavy atom.